The van der Waals surface area contributed by atoms with Crippen LogP contribution in [-0.4, -0.2) is 40.2 Å². The molecule has 1 aliphatic rings. The number of rotatable bonds is 2. The number of nitrogens with zero attached hydrogens (tertiary/aromatic N) is 4. The average Bonchev–Trinajstić information content (AvgIpc) is 2.98. The van der Waals surface area contributed by atoms with Crippen molar-refractivity contribution >= 4 is 16.5 Å². The van der Waals surface area contributed by atoms with E-state index in [1.165, 1.54) is 11.3 Å². The van der Waals surface area contributed by atoms with Crippen LogP contribution in [0.1, 0.15) is 24.7 Å². The van der Waals surface area contributed by atoms with Crippen LogP contribution in [0.5, 0.6) is 0 Å². The third kappa shape index (κ3) is 2.23. The van der Waals surface area contributed by atoms with Gasteiger partial charge in [0.25, 0.3) is 0 Å². The topological polar surface area (TPSA) is 81.1 Å². The van der Waals surface area contributed by atoms with E-state index in [0.29, 0.717) is 16.9 Å². The zero-order valence-corrected chi connectivity index (χ0v) is 11.0. The third-order valence-electron chi connectivity index (χ3n) is 3.25. The lowest BCUT2D eigenvalue weighted by Crippen LogP contribution is -2.29. The van der Waals surface area contributed by atoms with Gasteiger partial charge < -0.3 is 15.2 Å². The van der Waals surface area contributed by atoms with Crippen LogP contribution < -0.4 is 5.73 Å². The maximum absolute atomic E-state index is 5.60. The van der Waals surface area contributed by atoms with Crippen molar-refractivity contribution in [1.82, 2.24) is 20.0 Å². The number of piperidine rings is 1. The Morgan fingerprint density at radius 2 is 2.22 bits per heavy atom. The molecular formula is C11H15N5OS. The highest BCUT2D eigenvalue weighted by molar-refractivity contribution is 7.18. The Balaban J connectivity index is 1.77. The second-order valence-electron chi connectivity index (χ2n) is 4.60. The van der Waals surface area contributed by atoms with Crippen molar-refractivity contribution in [2.75, 3.05) is 25.9 Å². The monoisotopic (exact) mass is 265 g/mol. The molecule has 0 saturated carbocycles. The molecule has 0 aromatic carbocycles. The predicted molar refractivity (Wildman–Crippen MR) is 69.3 cm³/mol. The molecule has 0 aliphatic carbocycles. The van der Waals surface area contributed by atoms with Gasteiger partial charge in [-0.25, -0.2) is 4.98 Å². The molecule has 0 bridgehead atoms. The minimum Gasteiger partial charge on any atom is -0.375 e. The van der Waals surface area contributed by atoms with E-state index < -0.39 is 0 Å². The van der Waals surface area contributed by atoms with E-state index in [1.54, 1.807) is 6.20 Å². The molecule has 3 rings (SSSR count). The summed E-state index contributed by atoms with van der Waals surface area (Å²) in [5.41, 5.74) is 5.60. The fourth-order valence-electron chi connectivity index (χ4n) is 2.15. The lowest BCUT2D eigenvalue weighted by molar-refractivity contribution is 0.227. The minimum absolute atomic E-state index is 0.382. The molecule has 18 heavy (non-hydrogen) atoms. The molecule has 0 spiro atoms. The highest BCUT2D eigenvalue weighted by Gasteiger charge is 2.24. The molecular weight excluding hydrogens is 250 g/mol. The van der Waals surface area contributed by atoms with Crippen LogP contribution in [0.3, 0.4) is 0 Å². The summed E-state index contributed by atoms with van der Waals surface area (Å²) in [7, 11) is 2.13. The smallest absolute Gasteiger partial charge is 0.230 e. The van der Waals surface area contributed by atoms with Gasteiger partial charge in [0.05, 0.1) is 11.1 Å². The highest BCUT2D eigenvalue weighted by Crippen LogP contribution is 2.30. The summed E-state index contributed by atoms with van der Waals surface area (Å²) >= 11 is 1.37. The van der Waals surface area contributed by atoms with Gasteiger partial charge in [0.2, 0.25) is 11.7 Å². The normalized spacial score (nSPS) is 18.3. The number of nitrogens with two attached hydrogens (primary N) is 1. The SMILES string of the molecule is CN1CCC(c2nc(-c3cnc(N)s3)no2)CC1. The highest BCUT2D eigenvalue weighted by atomic mass is 32.1. The molecule has 0 atom stereocenters. The largest absolute Gasteiger partial charge is 0.375 e. The number of thiazole rings is 1. The van der Waals surface area contributed by atoms with Crippen molar-refractivity contribution in [2.24, 2.45) is 0 Å². The first-order valence-electron chi connectivity index (χ1n) is 5.96. The molecule has 0 radical (unpaired) electrons. The third-order valence-corrected chi connectivity index (χ3v) is 4.08. The second kappa shape index (κ2) is 4.66. The Hall–Kier alpha value is -1.47. The summed E-state index contributed by atoms with van der Waals surface area (Å²) in [6.45, 7) is 2.16. The van der Waals surface area contributed by atoms with Gasteiger partial charge in [-0.3, -0.25) is 0 Å². The van der Waals surface area contributed by atoms with Crippen molar-refractivity contribution < 1.29 is 4.52 Å². The molecule has 2 aromatic heterocycles. The van der Waals surface area contributed by atoms with Crippen molar-refractivity contribution in [2.45, 2.75) is 18.8 Å². The van der Waals surface area contributed by atoms with E-state index in [9.17, 15) is 0 Å². The van der Waals surface area contributed by atoms with Crippen molar-refractivity contribution in [1.29, 1.82) is 0 Å². The standard InChI is InChI=1S/C11H15N5OS/c1-16-4-2-7(3-5-16)10-14-9(15-17-10)8-6-13-11(12)18-8/h6-7H,2-5H2,1H3,(H2,12,13). The quantitative estimate of drug-likeness (QED) is 0.888. The fraction of sp³-hybridized carbons (Fsp3) is 0.545. The van der Waals surface area contributed by atoms with Crippen LogP contribution >= 0.6 is 11.3 Å². The zero-order chi connectivity index (χ0) is 12.5. The van der Waals surface area contributed by atoms with Crippen LogP contribution in [0, 0.1) is 0 Å². The lowest BCUT2D eigenvalue weighted by atomic mass is 9.97. The predicted octanol–water partition coefficient (Wildman–Crippen LogP) is 1.58. The zero-order valence-electron chi connectivity index (χ0n) is 10.2. The van der Waals surface area contributed by atoms with Gasteiger partial charge in [0.15, 0.2) is 5.13 Å². The Morgan fingerprint density at radius 3 is 2.89 bits per heavy atom. The first-order chi connectivity index (χ1) is 8.72. The number of likely N-dealkylation sites (tertiary alicyclic amines) is 1. The van der Waals surface area contributed by atoms with Crippen LogP contribution in [0.25, 0.3) is 10.7 Å². The van der Waals surface area contributed by atoms with Gasteiger partial charge in [-0.05, 0) is 33.0 Å². The molecule has 0 amide bonds. The van der Waals surface area contributed by atoms with Crippen molar-refractivity contribution in [3.05, 3.63) is 12.1 Å². The second-order valence-corrected chi connectivity index (χ2v) is 5.66. The van der Waals surface area contributed by atoms with E-state index in [1.807, 2.05) is 0 Å². The summed E-state index contributed by atoms with van der Waals surface area (Å²) in [4.78, 5) is 11.6. The Bertz CT molecular complexity index is 529. The molecule has 1 fully saturated rings. The molecule has 2 N–H and O–H groups in total. The number of nitrogen functional groups attached to an aromatic ring is 1. The molecule has 3 heterocycles. The van der Waals surface area contributed by atoms with Gasteiger partial charge in [-0.15, -0.1) is 0 Å². The molecule has 7 heteroatoms. The summed E-state index contributed by atoms with van der Waals surface area (Å²) in [6, 6.07) is 0. The van der Waals surface area contributed by atoms with Crippen LogP contribution in [0.2, 0.25) is 0 Å². The van der Waals surface area contributed by atoms with Gasteiger partial charge in [0, 0.05) is 5.92 Å². The molecule has 1 saturated heterocycles. The van der Waals surface area contributed by atoms with Gasteiger partial charge in [-0.1, -0.05) is 16.5 Å². The van der Waals surface area contributed by atoms with Crippen LogP contribution in [0.15, 0.2) is 10.7 Å². The van der Waals surface area contributed by atoms with Crippen LogP contribution in [0.4, 0.5) is 5.13 Å². The molecule has 6 nitrogen and oxygen atoms in total. The van der Waals surface area contributed by atoms with E-state index in [2.05, 4.69) is 27.1 Å². The van der Waals surface area contributed by atoms with E-state index in [0.717, 1.165) is 36.7 Å². The Morgan fingerprint density at radius 1 is 1.44 bits per heavy atom. The average molecular weight is 265 g/mol. The number of aromatic nitrogens is 3. The molecule has 96 valence electrons. The number of hydrogen-bond acceptors (Lipinski definition) is 7. The first kappa shape index (κ1) is 11.6. The summed E-state index contributed by atoms with van der Waals surface area (Å²) in [5.74, 6) is 1.72. The van der Waals surface area contributed by atoms with Crippen LogP contribution in [-0.2, 0) is 0 Å². The summed E-state index contributed by atoms with van der Waals surface area (Å²) in [5, 5.41) is 4.53. The first-order valence-corrected chi connectivity index (χ1v) is 6.78. The Kier molecular flexibility index (Phi) is 3.00. The van der Waals surface area contributed by atoms with E-state index in [4.69, 9.17) is 10.3 Å². The van der Waals surface area contributed by atoms with Crippen molar-refractivity contribution in [3.8, 4) is 10.7 Å². The summed E-state index contributed by atoms with van der Waals surface area (Å²) in [6.07, 6.45) is 3.83. The van der Waals surface area contributed by atoms with Crippen molar-refractivity contribution in [3.63, 3.8) is 0 Å². The molecule has 0 unspecified atom stereocenters. The molecule has 1 aliphatic heterocycles. The number of anilines is 1. The number of hydrogen-bond donors (Lipinski definition) is 1. The minimum atomic E-state index is 0.382. The maximum atomic E-state index is 5.60. The van der Waals surface area contributed by atoms with Gasteiger partial charge in [0.1, 0.15) is 0 Å². The summed E-state index contributed by atoms with van der Waals surface area (Å²) < 4.78 is 5.36. The van der Waals surface area contributed by atoms with E-state index in [-0.39, 0.29) is 0 Å². The molecule has 2 aromatic rings. The van der Waals surface area contributed by atoms with Gasteiger partial charge in [-0.2, -0.15) is 4.98 Å². The Labute approximate surface area is 109 Å². The lowest BCUT2D eigenvalue weighted by Gasteiger charge is -2.26. The fourth-order valence-corrected chi connectivity index (χ4v) is 2.76. The van der Waals surface area contributed by atoms with Gasteiger partial charge >= 0.3 is 0 Å². The maximum Gasteiger partial charge on any atom is 0.230 e. The van der Waals surface area contributed by atoms with E-state index >= 15 is 0 Å².